The van der Waals surface area contributed by atoms with Crippen molar-refractivity contribution in [3.8, 4) is 0 Å². The molecule has 0 atom stereocenters. The number of aliphatic carboxylic acids is 1. The number of carboxylic acid groups (broad SMARTS) is 1. The standard InChI is InChI=1S/C15H21BrO2/c16-11-10-14-8-5-7-13(12-14)6-3-1-2-4-9-15(17)18/h5,7-8,12H,1-4,6,9-11H2,(H,17,18). The van der Waals surface area contributed by atoms with Crippen LogP contribution in [0.5, 0.6) is 0 Å². The smallest absolute Gasteiger partial charge is 0.303 e. The van der Waals surface area contributed by atoms with Gasteiger partial charge in [0, 0.05) is 11.8 Å². The molecule has 1 rings (SSSR count). The van der Waals surface area contributed by atoms with Crippen molar-refractivity contribution in [1.82, 2.24) is 0 Å². The molecule has 1 N–H and O–H groups in total. The molecule has 0 aliphatic rings. The van der Waals surface area contributed by atoms with Gasteiger partial charge in [-0.15, -0.1) is 0 Å². The van der Waals surface area contributed by atoms with Crippen LogP contribution in [0.4, 0.5) is 0 Å². The summed E-state index contributed by atoms with van der Waals surface area (Å²) in [5.74, 6) is -0.683. The van der Waals surface area contributed by atoms with Crippen LogP contribution in [0, 0.1) is 0 Å². The number of benzene rings is 1. The molecule has 2 nitrogen and oxygen atoms in total. The maximum atomic E-state index is 10.3. The summed E-state index contributed by atoms with van der Waals surface area (Å²) in [6.07, 6.45) is 6.58. The van der Waals surface area contributed by atoms with Gasteiger partial charge in [0.1, 0.15) is 0 Å². The number of aryl methyl sites for hydroxylation is 2. The van der Waals surface area contributed by atoms with Gasteiger partial charge in [0.2, 0.25) is 0 Å². The molecule has 0 heterocycles. The number of unbranched alkanes of at least 4 members (excludes halogenated alkanes) is 3. The fraction of sp³-hybridized carbons (Fsp3) is 0.533. The number of hydrogen-bond donors (Lipinski definition) is 1. The summed E-state index contributed by atoms with van der Waals surface area (Å²) in [4.78, 5) is 10.3. The van der Waals surface area contributed by atoms with Gasteiger partial charge in [0.25, 0.3) is 0 Å². The highest BCUT2D eigenvalue weighted by molar-refractivity contribution is 9.09. The molecule has 0 radical (unpaired) electrons. The molecule has 0 aromatic heterocycles. The average molecular weight is 313 g/mol. The Labute approximate surface area is 118 Å². The van der Waals surface area contributed by atoms with E-state index >= 15 is 0 Å². The average Bonchev–Trinajstić information content (AvgIpc) is 2.34. The summed E-state index contributed by atoms with van der Waals surface area (Å²) in [6, 6.07) is 8.74. The Hall–Kier alpha value is -0.830. The summed E-state index contributed by atoms with van der Waals surface area (Å²) in [7, 11) is 0. The maximum absolute atomic E-state index is 10.3. The molecular weight excluding hydrogens is 292 g/mol. The van der Waals surface area contributed by atoms with Crippen LogP contribution >= 0.6 is 15.9 Å². The topological polar surface area (TPSA) is 37.3 Å². The van der Waals surface area contributed by atoms with Crippen molar-refractivity contribution in [2.75, 3.05) is 5.33 Å². The number of carboxylic acids is 1. The molecule has 0 fully saturated rings. The molecule has 0 aliphatic heterocycles. The molecule has 0 aliphatic carbocycles. The van der Waals surface area contributed by atoms with Crippen LogP contribution in [0.25, 0.3) is 0 Å². The summed E-state index contributed by atoms with van der Waals surface area (Å²) >= 11 is 3.46. The van der Waals surface area contributed by atoms with Gasteiger partial charge in [0.15, 0.2) is 0 Å². The third-order valence-corrected chi connectivity index (χ3v) is 3.38. The van der Waals surface area contributed by atoms with Crippen LogP contribution in [0.15, 0.2) is 24.3 Å². The quantitative estimate of drug-likeness (QED) is 0.548. The lowest BCUT2D eigenvalue weighted by atomic mass is 10.0. The van der Waals surface area contributed by atoms with Gasteiger partial charge in [-0.25, -0.2) is 0 Å². The van der Waals surface area contributed by atoms with Crippen LogP contribution in [-0.4, -0.2) is 16.4 Å². The summed E-state index contributed by atoms with van der Waals surface area (Å²) in [5.41, 5.74) is 2.78. The van der Waals surface area contributed by atoms with Crippen molar-refractivity contribution < 1.29 is 9.90 Å². The lowest BCUT2D eigenvalue weighted by Gasteiger charge is -2.04. The maximum Gasteiger partial charge on any atom is 0.303 e. The molecule has 0 saturated heterocycles. The van der Waals surface area contributed by atoms with Gasteiger partial charge in [-0.1, -0.05) is 53.0 Å². The van der Waals surface area contributed by atoms with Gasteiger partial charge >= 0.3 is 5.97 Å². The van der Waals surface area contributed by atoms with E-state index in [4.69, 9.17) is 5.11 Å². The first-order valence-electron chi connectivity index (χ1n) is 6.58. The third-order valence-electron chi connectivity index (χ3n) is 2.98. The van der Waals surface area contributed by atoms with Gasteiger partial charge in [-0.3, -0.25) is 4.79 Å². The normalized spacial score (nSPS) is 10.5. The van der Waals surface area contributed by atoms with E-state index in [1.54, 1.807) is 0 Å². The lowest BCUT2D eigenvalue weighted by molar-refractivity contribution is -0.137. The lowest BCUT2D eigenvalue weighted by Crippen LogP contribution is -1.94. The summed E-state index contributed by atoms with van der Waals surface area (Å²) in [6.45, 7) is 0. The van der Waals surface area contributed by atoms with Crippen LogP contribution in [-0.2, 0) is 17.6 Å². The third kappa shape index (κ3) is 6.80. The second-order valence-corrected chi connectivity index (χ2v) is 5.36. The fourth-order valence-corrected chi connectivity index (χ4v) is 2.47. The molecule has 100 valence electrons. The molecule has 3 heteroatoms. The molecule has 0 bridgehead atoms. The number of halogens is 1. The SMILES string of the molecule is O=C(O)CCCCCCc1cccc(CCBr)c1. The number of hydrogen-bond acceptors (Lipinski definition) is 1. The zero-order valence-electron chi connectivity index (χ0n) is 10.7. The van der Waals surface area contributed by atoms with Crippen molar-refractivity contribution >= 4 is 21.9 Å². The Bertz CT molecular complexity index is 363. The van der Waals surface area contributed by atoms with Crippen molar-refractivity contribution in [2.45, 2.75) is 44.9 Å². The first-order valence-corrected chi connectivity index (χ1v) is 7.70. The largest absolute Gasteiger partial charge is 0.481 e. The number of rotatable bonds is 9. The highest BCUT2D eigenvalue weighted by Crippen LogP contribution is 2.12. The minimum Gasteiger partial charge on any atom is -0.481 e. The molecule has 0 amide bonds. The van der Waals surface area contributed by atoms with Gasteiger partial charge in [0.05, 0.1) is 0 Å². The second kappa shape index (κ2) is 9.15. The predicted octanol–water partition coefficient (Wildman–Crippen LogP) is 4.20. The molecule has 0 saturated carbocycles. The van der Waals surface area contributed by atoms with Crippen LogP contribution in [0.3, 0.4) is 0 Å². The van der Waals surface area contributed by atoms with Gasteiger partial charge < -0.3 is 5.11 Å². The highest BCUT2D eigenvalue weighted by atomic mass is 79.9. The number of alkyl halides is 1. The fourth-order valence-electron chi connectivity index (χ4n) is 2.01. The van der Waals surface area contributed by atoms with E-state index in [0.717, 1.165) is 43.9 Å². The molecule has 0 spiro atoms. The van der Waals surface area contributed by atoms with Crippen molar-refractivity contribution in [3.63, 3.8) is 0 Å². The summed E-state index contributed by atoms with van der Waals surface area (Å²) in [5, 5.41) is 9.53. The zero-order chi connectivity index (χ0) is 13.2. The molecular formula is C15H21BrO2. The Morgan fingerprint density at radius 3 is 2.39 bits per heavy atom. The predicted molar refractivity (Wildman–Crippen MR) is 78.4 cm³/mol. The summed E-state index contributed by atoms with van der Waals surface area (Å²) < 4.78 is 0. The van der Waals surface area contributed by atoms with E-state index in [0.29, 0.717) is 6.42 Å². The van der Waals surface area contributed by atoms with Crippen molar-refractivity contribution in [2.24, 2.45) is 0 Å². The Morgan fingerprint density at radius 1 is 1.06 bits per heavy atom. The van der Waals surface area contributed by atoms with Crippen LogP contribution < -0.4 is 0 Å². The van der Waals surface area contributed by atoms with Gasteiger partial charge in [-0.2, -0.15) is 0 Å². The number of carbonyl (C=O) groups is 1. The Kier molecular flexibility index (Phi) is 7.74. The first kappa shape index (κ1) is 15.2. The van der Waals surface area contributed by atoms with Crippen molar-refractivity contribution in [1.29, 1.82) is 0 Å². The molecule has 1 aromatic carbocycles. The molecule has 18 heavy (non-hydrogen) atoms. The van der Waals surface area contributed by atoms with E-state index in [1.807, 2.05) is 0 Å². The Balaban J connectivity index is 2.18. The van der Waals surface area contributed by atoms with E-state index < -0.39 is 5.97 Å². The molecule has 0 unspecified atom stereocenters. The minimum absolute atomic E-state index is 0.306. The van der Waals surface area contributed by atoms with E-state index in [2.05, 4.69) is 40.2 Å². The zero-order valence-corrected chi connectivity index (χ0v) is 12.3. The van der Waals surface area contributed by atoms with E-state index in [-0.39, 0.29) is 0 Å². The van der Waals surface area contributed by atoms with Crippen LogP contribution in [0.2, 0.25) is 0 Å². The highest BCUT2D eigenvalue weighted by Gasteiger charge is 1.98. The monoisotopic (exact) mass is 312 g/mol. The Morgan fingerprint density at radius 2 is 1.72 bits per heavy atom. The second-order valence-electron chi connectivity index (χ2n) is 4.57. The van der Waals surface area contributed by atoms with E-state index in [9.17, 15) is 4.79 Å². The minimum atomic E-state index is -0.683. The first-order chi connectivity index (χ1) is 8.72. The van der Waals surface area contributed by atoms with Crippen molar-refractivity contribution in [3.05, 3.63) is 35.4 Å². The van der Waals surface area contributed by atoms with Crippen LogP contribution in [0.1, 0.15) is 43.2 Å². The molecule has 1 aromatic rings. The van der Waals surface area contributed by atoms with E-state index in [1.165, 1.54) is 11.1 Å². The van der Waals surface area contributed by atoms with Gasteiger partial charge in [-0.05, 0) is 36.8 Å².